The van der Waals surface area contributed by atoms with Crippen molar-refractivity contribution in [3.05, 3.63) is 66.0 Å². The lowest BCUT2D eigenvalue weighted by Crippen LogP contribution is -2.04. The second kappa shape index (κ2) is 7.08. The summed E-state index contributed by atoms with van der Waals surface area (Å²) in [5.74, 6) is 0.0288. The first-order valence-electron chi connectivity index (χ1n) is 7.49. The number of nitrogens with zero attached hydrogens (tertiary/aromatic N) is 3. The number of benzene rings is 1. The Morgan fingerprint density at radius 1 is 1.17 bits per heavy atom. The Morgan fingerprint density at radius 2 is 2.04 bits per heavy atom. The Kier molecular flexibility index (Phi) is 4.69. The molecule has 2 aromatic heterocycles. The minimum absolute atomic E-state index is 0.123. The van der Waals surface area contributed by atoms with Gasteiger partial charge in [0.05, 0.1) is 6.61 Å². The molecule has 0 aliphatic heterocycles. The molecule has 1 N–H and O–H groups in total. The third kappa shape index (κ3) is 3.51. The van der Waals surface area contributed by atoms with E-state index >= 15 is 0 Å². The molecule has 0 radical (unpaired) electrons. The van der Waals surface area contributed by atoms with Crippen molar-refractivity contribution in [1.29, 1.82) is 0 Å². The van der Waals surface area contributed by atoms with Crippen molar-refractivity contribution in [2.24, 2.45) is 0 Å². The molecule has 0 aliphatic carbocycles. The molecule has 2 heterocycles. The third-order valence-corrected chi connectivity index (χ3v) is 3.31. The molecule has 3 rings (SSSR count). The fraction of sp³-hybridized carbons (Fsp3) is 0.176. The molecule has 0 aliphatic rings. The van der Waals surface area contributed by atoms with Gasteiger partial charge in [-0.3, -0.25) is 0 Å². The van der Waals surface area contributed by atoms with Gasteiger partial charge in [-0.1, -0.05) is 6.07 Å². The van der Waals surface area contributed by atoms with Crippen molar-refractivity contribution in [2.45, 2.75) is 13.5 Å². The van der Waals surface area contributed by atoms with Gasteiger partial charge in [0.1, 0.15) is 5.82 Å². The van der Waals surface area contributed by atoms with E-state index < -0.39 is 11.6 Å². The van der Waals surface area contributed by atoms with Gasteiger partial charge < -0.3 is 10.1 Å². The highest BCUT2D eigenvalue weighted by Gasteiger charge is 2.08. The van der Waals surface area contributed by atoms with Crippen LogP contribution < -0.4 is 10.1 Å². The summed E-state index contributed by atoms with van der Waals surface area (Å²) >= 11 is 0. The summed E-state index contributed by atoms with van der Waals surface area (Å²) < 4.78 is 34.0. The van der Waals surface area contributed by atoms with Gasteiger partial charge in [0.15, 0.2) is 23.2 Å². The van der Waals surface area contributed by atoms with Crippen LogP contribution in [0.1, 0.15) is 12.5 Å². The van der Waals surface area contributed by atoms with Crippen LogP contribution in [0.3, 0.4) is 0 Å². The fourth-order valence-electron chi connectivity index (χ4n) is 2.20. The van der Waals surface area contributed by atoms with Gasteiger partial charge in [0, 0.05) is 25.0 Å². The average Bonchev–Trinajstić information content (AvgIpc) is 3.04. The zero-order chi connectivity index (χ0) is 16.9. The molecule has 7 heteroatoms. The van der Waals surface area contributed by atoms with E-state index in [1.807, 2.05) is 0 Å². The maximum absolute atomic E-state index is 13.8. The lowest BCUT2D eigenvalue weighted by Gasteiger charge is -2.07. The predicted octanol–water partition coefficient (Wildman–Crippen LogP) is 3.56. The summed E-state index contributed by atoms with van der Waals surface area (Å²) in [6, 6.07) is 9.31. The van der Waals surface area contributed by atoms with E-state index in [0.29, 0.717) is 19.0 Å². The van der Waals surface area contributed by atoms with E-state index in [9.17, 15) is 8.78 Å². The molecule has 0 unspecified atom stereocenters. The summed E-state index contributed by atoms with van der Waals surface area (Å²) in [5.41, 5.74) is 0.745. The molecule has 124 valence electrons. The van der Waals surface area contributed by atoms with Gasteiger partial charge in [-0.2, -0.15) is 0 Å². The molecule has 0 bridgehead atoms. The van der Waals surface area contributed by atoms with E-state index in [0.717, 1.165) is 5.56 Å². The molecular formula is C17H16F2N4O. The zero-order valence-electron chi connectivity index (χ0n) is 13.0. The van der Waals surface area contributed by atoms with Crippen LogP contribution in [0.15, 0.2) is 48.8 Å². The lowest BCUT2D eigenvalue weighted by atomic mass is 10.2. The van der Waals surface area contributed by atoms with E-state index in [-0.39, 0.29) is 11.6 Å². The molecule has 3 aromatic rings. The number of hydrogen-bond donors (Lipinski definition) is 1. The average molecular weight is 330 g/mol. The summed E-state index contributed by atoms with van der Waals surface area (Å²) in [4.78, 5) is 3.95. The minimum atomic E-state index is -0.458. The van der Waals surface area contributed by atoms with Crippen LogP contribution in [0.2, 0.25) is 0 Å². The van der Waals surface area contributed by atoms with Crippen LogP contribution in [0.25, 0.3) is 5.82 Å². The highest BCUT2D eigenvalue weighted by atomic mass is 19.1. The molecule has 0 fully saturated rings. The molecule has 24 heavy (non-hydrogen) atoms. The molecule has 0 spiro atoms. The van der Waals surface area contributed by atoms with Gasteiger partial charge in [0.25, 0.3) is 0 Å². The summed E-state index contributed by atoms with van der Waals surface area (Å²) in [6.45, 7) is 2.59. The van der Waals surface area contributed by atoms with E-state index in [2.05, 4.69) is 15.4 Å². The Morgan fingerprint density at radius 3 is 2.79 bits per heavy atom. The van der Waals surface area contributed by atoms with Gasteiger partial charge >= 0.3 is 0 Å². The second-order valence-corrected chi connectivity index (χ2v) is 5.01. The first-order valence-corrected chi connectivity index (χ1v) is 7.49. The number of nitrogens with one attached hydrogen (secondary N) is 1. The summed E-state index contributed by atoms with van der Waals surface area (Å²) in [6.07, 6.45) is 3.10. The van der Waals surface area contributed by atoms with Crippen molar-refractivity contribution in [3.63, 3.8) is 0 Å². The van der Waals surface area contributed by atoms with Crippen LogP contribution in [0.4, 0.5) is 14.6 Å². The van der Waals surface area contributed by atoms with Crippen LogP contribution in [0.5, 0.6) is 5.75 Å². The van der Waals surface area contributed by atoms with Crippen molar-refractivity contribution in [1.82, 2.24) is 14.8 Å². The number of rotatable bonds is 6. The van der Waals surface area contributed by atoms with Crippen LogP contribution in [-0.2, 0) is 6.54 Å². The number of halogens is 2. The van der Waals surface area contributed by atoms with E-state index in [1.54, 1.807) is 31.3 Å². The van der Waals surface area contributed by atoms with Crippen LogP contribution >= 0.6 is 0 Å². The zero-order valence-corrected chi connectivity index (χ0v) is 13.0. The SMILES string of the molecule is CCOc1ccc(CNc2ccn(-c3ncccc3F)n2)cc1F. The Hall–Kier alpha value is -2.96. The first kappa shape index (κ1) is 15.9. The number of aromatic nitrogens is 3. The largest absolute Gasteiger partial charge is 0.491 e. The lowest BCUT2D eigenvalue weighted by molar-refractivity contribution is 0.321. The number of pyridine rings is 1. The van der Waals surface area contributed by atoms with Crippen molar-refractivity contribution < 1.29 is 13.5 Å². The minimum Gasteiger partial charge on any atom is -0.491 e. The molecular weight excluding hydrogens is 314 g/mol. The van der Waals surface area contributed by atoms with Gasteiger partial charge in [-0.05, 0) is 36.8 Å². The Labute approximate surface area is 137 Å². The quantitative estimate of drug-likeness (QED) is 0.751. The normalized spacial score (nSPS) is 10.6. The summed E-state index contributed by atoms with van der Waals surface area (Å²) in [5, 5.41) is 7.27. The Bertz CT molecular complexity index is 835. The monoisotopic (exact) mass is 330 g/mol. The topological polar surface area (TPSA) is 52.0 Å². The van der Waals surface area contributed by atoms with E-state index in [4.69, 9.17) is 4.74 Å². The van der Waals surface area contributed by atoms with Crippen molar-refractivity contribution in [2.75, 3.05) is 11.9 Å². The maximum Gasteiger partial charge on any atom is 0.189 e. The number of hydrogen-bond acceptors (Lipinski definition) is 4. The molecule has 0 atom stereocenters. The highest BCUT2D eigenvalue weighted by molar-refractivity contribution is 5.38. The van der Waals surface area contributed by atoms with Crippen LogP contribution in [0, 0.1) is 11.6 Å². The van der Waals surface area contributed by atoms with E-state index in [1.165, 1.54) is 29.1 Å². The van der Waals surface area contributed by atoms with Gasteiger partial charge in [-0.15, -0.1) is 5.10 Å². The molecule has 0 saturated heterocycles. The van der Waals surface area contributed by atoms with Gasteiger partial charge in [0.2, 0.25) is 0 Å². The second-order valence-electron chi connectivity index (χ2n) is 5.01. The summed E-state index contributed by atoms with van der Waals surface area (Å²) in [7, 11) is 0. The fourth-order valence-corrected chi connectivity index (χ4v) is 2.20. The number of ether oxygens (including phenoxy) is 1. The van der Waals surface area contributed by atoms with Crippen molar-refractivity contribution in [3.8, 4) is 11.6 Å². The third-order valence-electron chi connectivity index (χ3n) is 3.31. The predicted molar refractivity (Wildman–Crippen MR) is 86.2 cm³/mol. The first-order chi connectivity index (χ1) is 11.7. The highest BCUT2D eigenvalue weighted by Crippen LogP contribution is 2.19. The maximum atomic E-state index is 13.8. The molecule has 5 nitrogen and oxygen atoms in total. The molecule has 0 amide bonds. The standard InChI is InChI=1S/C17H16F2N4O/c1-2-24-15-6-5-12(10-14(15)19)11-21-16-7-9-23(22-16)17-13(18)4-3-8-20-17/h3-10H,2,11H2,1H3,(H,21,22). The van der Waals surface area contributed by atoms with Gasteiger partial charge in [-0.25, -0.2) is 18.4 Å². The Balaban J connectivity index is 1.68. The molecule has 1 aromatic carbocycles. The smallest absolute Gasteiger partial charge is 0.189 e. The number of anilines is 1. The van der Waals surface area contributed by atoms with Crippen LogP contribution in [-0.4, -0.2) is 21.4 Å². The molecule has 0 saturated carbocycles. The van der Waals surface area contributed by atoms with Crippen molar-refractivity contribution >= 4 is 5.82 Å².